The SMILES string of the molecule is COc1cccc2c1c(C=C1Cc3c(O)cc(O)cc3O1)c(-c1ccccc1)n2C. The van der Waals surface area contributed by atoms with Crippen LogP contribution >= 0.6 is 0 Å². The zero-order valence-corrected chi connectivity index (χ0v) is 16.7. The van der Waals surface area contributed by atoms with Gasteiger partial charge in [-0.05, 0) is 23.8 Å². The number of benzene rings is 3. The van der Waals surface area contributed by atoms with Crippen molar-refractivity contribution in [3.05, 3.63) is 77.5 Å². The number of hydrogen-bond donors (Lipinski definition) is 2. The number of aromatic hydroxyl groups is 2. The Hall–Kier alpha value is -3.86. The minimum absolute atomic E-state index is 0.0238. The van der Waals surface area contributed by atoms with Gasteiger partial charge in [-0.1, -0.05) is 36.4 Å². The normalized spacial score (nSPS) is 14.1. The predicted octanol–water partition coefficient (Wildman–Crippen LogP) is 5.24. The Labute approximate surface area is 174 Å². The van der Waals surface area contributed by atoms with Crippen molar-refractivity contribution < 1.29 is 19.7 Å². The maximum atomic E-state index is 10.2. The second-order valence-electron chi connectivity index (χ2n) is 7.37. The third kappa shape index (κ3) is 2.78. The van der Waals surface area contributed by atoms with E-state index in [0.29, 0.717) is 23.5 Å². The fourth-order valence-corrected chi connectivity index (χ4v) is 4.22. The molecule has 3 aromatic carbocycles. The van der Waals surface area contributed by atoms with Crippen molar-refractivity contribution in [3.63, 3.8) is 0 Å². The Morgan fingerprint density at radius 2 is 1.83 bits per heavy atom. The van der Waals surface area contributed by atoms with E-state index >= 15 is 0 Å². The molecule has 1 aliphatic rings. The van der Waals surface area contributed by atoms with Crippen molar-refractivity contribution in [2.45, 2.75) is 6.42 Å². The zero-order valence-electron chi connectivity index (χ0n) is 16.7. The summed E-state index contributed by atoms with van der Waals surface area (Å²) in [7, 11) is 3.71. The Kier molecular flexibility index (Phi) is 4.17. The van der Waals surface area contributed by atoms with Gasteiger partial charge in [0.05, 0.1) is 18.3 Å². The van der Waals surface area contributed by atoms with E-state index in [1.54, 1.807) is 7.11 Å². The lowest BCUT2D eigenvalue weighted by atomic mass is 10.0. The molecule has 150 valence electrons. The van der Waals surface area contributed by atoms with Gasteiger partial charge < -0.3 is 24.3 Å². The molecule has 0 unspecified atom stereocenters. The average molecular weight is 399 g/mol. The molecule has 0 saturated heterocycles. The van der Waals surface area contributed by atoms with Crippen molar-refractivity contribution in [2.75, 3.05) is 7.11 Å². The van der Waals surface area contributed by atoms with E-state index < -0.39 is 0 Å². The molecule has 30 heavy (non-hydrogen) atoms. The van der Waals surface area contributed by atoms with Crippen LogP contribution in [0.2, 0.25) is 0 Å². The smallest absolute Gasteiger partial charge is 0.137 e. The van der Waals surface area contributed by atoms with Gasteiger partial charge in [-0.15, -0.1) is 0 Å². The molecule has 0 aliphatic carbocycles. The summed E-state index contributed by atoms with van der Waals surface area (Å²) in [5, 5.41) is 21.0. The molecule has 2 N–H and O–H groups in total. The van der Waals surface area contributed by atoms with Crippen molar-refractivity contribution in [1.29, 1.82) is 0 Å². The highest BCUT2D eigenvalue weighted by Gasteiger charge is 2.25. The highest BCUT2D eigenvalue weighted by atomic mass is 16.5. The second-order valence-corrected chi connectivity index (χ2v) is 7.37. The van der Waals surface area contributed by atoms with Gasteiger partial charge in [0.25, 0.3) is 0 Å². The second kappa shape index (κ2) is 6.88. The maximum absolute atomic E-state index is 10.2. The zero-order chi connectivity index (χ0) is 20.8. The summed E-state index contributed by atoms with van der Waals surface area (Å²) in [5.74, 6) is 1.97. The minimum atomic E-state index is -0.0238. The summed E-state index contributed by atoms with van der Waals surface area (Å²) in [4.78, 5) is 0. The van der Waals surface area contributed by atoms with Gasteiger partial charge >= 0.3 is 0 Å². The van der Waals surface area contributed by atoms with Crippen molar-refractivity contribution in [3.8, 4) is 34.3 Å². The van der Waals surface area contributed by atoms with Crippen molar-refractivity contribution >= 4 is 17.0 Å². The molecule has 0 radical (unpaired) electrons. The molecule has 0 saturated carbocycles. The van der Waals surface area contributed by atoms with E-state index in [2.05, 4.69) is 22.8 Å². The van der Waals surface area contributed by atoms with Crippen LogP contribution < -0.4 is 9.47 Å². The fourth-order valence-electron chi connectivity index (χ4n) is 4.22. The number of hydrogen-bond acceptors (Lipinski definition) is 4. The van der Waals surface area contributed by atoms with Crippen LogP contribution in [0.15, 0.2) is 66.4 Å². The molecular weight excluding hydrogens is 378 g/mol. The molecule has 0 spiro atoms. The summed E-state index contributed by atoms with van der Waals surface area (Å²) < 4.78 is 13.8. The van der Waals surface area contributed by atoms with Gasteiger partial charge in [-0.25, -0.2) is 0 Å². The maximum Gasteiger partial charge on any atom is 0.137 e. The fraction of sp³-hybridized carbons (Fsp3) is 0.120. The summed E-state index contributed by atoms with van der Waals surface area (Å²) >= 11 is 0. The van der Waals surface area contributed by atoms with Crippen LogP contribution in [0, 0.1) is 0 Å². The Bertz CT molecular complexity index is 1300. The van der Waals surface area contributed by atoms with Gasteiger partial charge in [0.2, 0.25) is 0 Å². The van der Waals surface area contributed by atoms with Gasteiger partial charge in [-0.3, -0.25) is 0 Å². The van der Waals surface area contributed by atoms with E-state index in [9.17, 15) is 10.2 Å². The Morgan fingerprint density at radius 1 is 1.03 bits per heavy atom. The van der Waals surface area contributed by atoms with Crippen LogP contribution in [0.25, 0.3) is 28.2 Å². The average Bonchev–Trinajstić information content (AvgIpc) is 3.28. The van der Waals surface area contributed by atoms with Crippen LogP contribution in [0.1, 0.15) is 11.1 Å². The summed E-state index contributed by atoms with van der Waals surface area (Å²) in [6.45, 7) is 0. The number of phenols is 2. The molecule has 0 bridgehead atoms. The molecular formula is C25H21NO4. The van der Waals surface area contributed by atoms with Gasteiger partial charge in [0, 0.05) is 42.1 Å². The highest BCUT2D eigenvalue weighted by molar-refractivity contribution is 6.01. The van der Waals surface area contributed by atoms with Crippen molar-refractivity contribution in [1.82, 2.24) is 4.57 Å². The predicted molar refractivity (Wildman–Crippen MR) is 117 cm³/mol. The molecule has 0 atom stereocenters. The first-order valence-corrected chi connectivity index (χ1v) is 9.71. The minimum Gasteiger partial charge on any atom is -0.508 e. The molecule has 0 fully saturated rings. The van der Waals surface area contributed by atoms with E-state index in [0.717, 1.165) is 33.5 Å². The Balaban J connectivity index is 1.75. The summed E-state index contributed by atoms with van der Waals surface area (Å²) in [6.07, 6.45) is 2.45. The number of allylic oxidation sites excluding steroid dienone is 1. The first kappa shape index (κ1) is 18.2. The number of phenolic OH excluding ortho intramolecular Hbond substituents is 2. The third-order valence-electron chi connectivity index (χ3n) is 5.56. The molecule has 1 aliphatic heterocycles. The standard InChI is InChI=1S/C25H21NO4/c1-26-20-9-6-10-22(29-2)24(20)19(25(26)15-7-4-3-5-8-15)14-17-13-18-21(28)11-16(27)12-23(18)30-17/h3-12,14,27-28H,13H2,1-2H3. The van der Waals surface area contributed by atoms with Crippen LogP contribution in [-0.2, 0) is 13.5 Å². The largest absolute Gasteiger partial charge is 0.508 e. The molecule has 5 rings (SSSR count). The van der Waals surface area contributed by atoms with Gasteiger partial charge in [0.15, 0.2) is 0 Å². The molecule has 2 heterocycles. The van der Waals surface area contributed by atoms with Crippen LogP contribution in [-0.4, -0.2) is 21.9 Å². The first-order chi connectivity index (χ1) is 14.6. The molecule has 4 aromatic rings. The number of fused-ring (bicyclic) bond motifs is 2. The van der Waals surface area contributed by atoms with Crippen LogP contribution in [0.4, 0.5) is 0 Å². The summed E-state index contributed by atoms with van der Waals surface area (Å²) in [6, 6.07) is 19.1. The van der Waals surface area contributed by atoms with E-state index in [1.165, 1.54) is 12.1 Å². The van der Waals surface area contributed by atoms with Gasteiger partial charge in [0.1, 0.15) is 28.8 Å². The number of aromatic nitrogens is 1. The third-order valence-corrected chi connectivity index (χ3v) is 5.56. The monoisotopic (exact) mass is 399 g/mol. The molecule has 5 heteroatoms. The van der Waals surface area contributed by atoms with Crippen LogP contribution in [0.5, 0.6) is 23.0 Å². The van der Waals surface area contributed by atoms with E-state index in [1.807, 2.05) is 43.5 Å². The lowest BCUT2D eigenvalue weighted by Gasteiger charge is -2.07. The number of methoxy groups -OCH3 is 1. The van der Waals surface area contributed by atoms with E-state index in [-0.39, 0.29) is 11.5 Å². The quantitative estimate of drug-likeness (QED) is 0.494. The molecule has 0 amide bonds. The topological polar surface area (TPSA) is 63.9 Å². The first-order valence-electron chi connectivity index (χ1n) is 9.71. The van der Waals surface area contributed by atoms with Crippen molar-refractivity contribution in [2.24, 2.45) is 7.05 Å². The lowest BCUT2D eigenvalue weighted by molar-refractivity contribution is 0.420. The highest BCUT2D eigenvalue weighted by Crippen LogP contribution is 2.43. The molecule has 1 aromatic heterocycles. The lowest BCUT2D eigenvalue weighted by Crippen LogP contribution is -1.93. The van der Waals surface area contributed by atoms with Crippen LogP contribution in [0.3, 0.4) is 0 Å². The van der Waals surface area contributed by atoms with E-state index in [4.69, 9.17) is 9.47 Å². The Morgan fingerprint density at radius 3 is 2.60 bits per heavy atom. The van der Waals surface area contributed by atoms with Gasteiger partial charge in [-0.2, -0.15) is 0 Å². The molecule has 5 nitrogen and oxygen atoms in total. The number of ether oxygens (including phenoxy) is 2. The summed E-state index contributed by atoms with van der Waals surface area (Å²) in [5.41, 5.74) is 4.85. The number of nitrogens with zero attached hydrogens (tertiary/aromatic N) is 1. The number of rotatable bonds is 3. The number of aryl methyl sites for hydroxylation is 1.